The highest BCUT2D eigenvalue weighted by Gasteiger charge is 2.09. The van der Waals surface area contributed by atoms with Crippen LogP contribution in [-0.2, 0) is 13.2 Å². The number of hydrogen-bond donors (Lipinski definition) is 1. The number of nitrogens with zero attached hydrogens (tertiary/aromatic N) is 2. The molecule has 4 nitrogen and oxygen atoms in total. The molecule has 21 heavy (non-hydrogen) atoms. The lowest BCUT2D eigenvalue weighted by Crippen LogP contribution is -2.11. The van der Waals surface area contributed by atoms with Crippen LogP contribution in [0.2, 0.25) is 0 Å². The molecule has 0 fully saturated rings. The monoisotopic (exact) mass is 282 g/mol. The predicted molar refractivity (Wildman–Crippen MR) is 82.3 cm³/mol. The molecule has 0 amide bonds. The molecule has 3 aromatic rings. The van der Waals surface area contributed by atoms with Crippen LogP contribution < -0.4 is 4.74 Å². The van der Waals surface area contributed by atoms with Crippen LogP contribution >= 0.6 is 0 Å². The molecule has 0 saturated heterocycles. The maximum Gasteiger partial charge on any atom is 0.135 e. The van der Waals surface area contributed by atoms with E-state index in [0.717, 1.165) is 16.8 Å². The van der Waals surface area contributed by atoms with E-state index in [1.807, 2.05) is 53.1 Å². The van der Waals surface area contributed by atoms with Crippen molar-refractivity contribution in [1.29, 1.82) is 0 Å². The number of fused-ring (bicyclic) bond motifs is 1. The van der Waals surface area contributed by atoms with Crippen LogP contribution in [0.25, 0.3) is 11.0 Å². The van der Waals surface area contributed by atoms with Crippen molar-refractivity contribution in [2.24, 2.45) is 0 Å². The Kier molecular flexibility index (Phi) is 3.88. The zero-order chi connectivity index (χ0) is 14.7. The van der Waals surface area contributed by atoms with Crippen LogP contribution in [0.1, 0.15) is 11.4 Å². The summed E-state index contributed by atoms with van der Waals surface area (Å²) in [5.74, 6) is 1.53. The van der Waals surface area contributed by atoms with Gasteiger partial charge in [0.05, 0.1) is 17.6 Å². The highest BCUT2D eigenvalue weighted by Crippen LogP contribution is 2.17. The SMILES string of the molecule is Cc1ccc(OCCn2c(CO)nc3ccccc32)cc1. The van der Waals surface area contributed by atoms with E-state index < -0.39 is 0 Å². The van der Waals surface area contributed by atoms with Crippen molar-refractivity contribution in [2.75, 3.05) is 6.61 Å². The first-order chi connectivity index (χ1) is 10.3. The molecule has 0 aliphatic rings. The molecule has 2 aromatic carbocycles. The lowest BCUT2D eigenvalue weighted by Gasteiger charge is -2.10. The van der Waals surface area contributed by atoms with E-state index >= 15 is 0 Å². The van der Waals surface area contributed by atoms with E-state index in [4.69, 9.17) is 4.74 Å². The van der Waals surface area contributed by atoms with Crippen molar-refractivity contribution < 1.29 is 9.84 Å². The number of aromatic nitrogens is 2. The highest BCUT2D eigenvalue weighted by molar-refractivity contribution is 5.75. The molecule has 4 heteroatoms. The van der Waals surface area contributed by atoms with Gasteiger partial charge in [-0.15, -0.1) is 0 Å². The van der Waals surface area contributed by atoms with Gasteiger partial charge in [0.15, 0.2) is 0 Å². The standard InChI is InChI=1S/C17H18N2O2/c1-13-6-8-14(9-7-13)21-11-10-19-16-5-3-2-4-15(16)18-17(19)12-20/h2-9,20H,10-12H2,1H3. The van der Waals surface area contributed by atoms with Crippen LogP contribution in [0.3, 0.4) is 0 Å². The van der Waals surface area contributed by atoms with Gasteiger partial charge >= 0.3 is 0 Å². The minimum atomic E-state index is -0.0702. The van der Waals surface area contributed by atoms with Crippen LogP contribution in [-0.4, -0.2) is 21.3 Å². The summed E-state index contributed by atoms with van der Waals surface area (Å²) >= 11 is 0. The number of aryl methyl sites for hydroxylation is 1. The van der Waals surface area contributed by atoms with Gasteiger partial charge in [0.1, 0.15) is 24.8 Å². The summed E-state index contributed by atoms with van der Waals surface area (Å²) in [6.45, 7) is 3.18. The molecule has 1 aromatic heterocycles. The summed E-state index contributed by atoms with van der Waals surface area (Å²) in [5, 5.41) is 9.44. The third kappa shape index (κ3) is 2.90. The Balaban J connectivity index is 1.74. The van der Waals surface area contributed by atoms with Crippen molar-refractivity contribution in [1.82, 2.24) is 9.55 Å². The van der Waals surface area contributed by atoms with Crippen molar-refractivity contribution in [3.63, 3.8) is 0 Å². The fourth-order valence-electron chi connectivity index (χ4n) is 2.38. The zero-order valence-corrected chi connectivity index (χ0v) is 12.0. The Labute approximate surface area is 123 Å². The summed E-state index contributed by atoms with van der Waals surface area (Å²) in [6, 6.07) is 15.9. The van der Waals surface area contributed by atoms with E-state index in [1.54, 1.807) is 0 Å². The maximum atomic E-state index is 9.44. The predicted octanol–water partition coefficient (Wildman–Crippen LogP) is 2.92. The van der Waals surface area contributed by atoms with E-state index in [9.17, 15) is 5.11 Å². The Bertz CT molecular complexity index is 732. The number of aliphatic hydroxyl groups is 1. The first-order valence-corrected chi connectivity index (χ1v) is 7.02. The molecule has 1 heterocycles. The molecule has 0 aliphatic carbocycles. The van der Waals surface area contributed by atoms with Crippen LogP contribution in [0.5, 0.6) is 5.75 Å². The van der Waals surface area contributed by atoms with Gasteiger partial charge in [0.25, 0.3) is 0 Å². The van der Waals surface area contributed by atoms with Crippen molar-refractivity contribution in [3.05, 3.63) is 59.9 Å². The van der Waals surface area contributed by atoms with E-state index in [1.165, 1.54) is 5.56 Å². The summed E-state index contributed by atoms with van der Waals surface area (Å²) in [7, 11) is 0. The molecule has 0 unspecified atom stereocenters. The van der Waals surface area contributed by atoms with Gasteiger partial charge < -0.3 is 14.4 Å². The number of imidazole rings is 1. The number of ether oxygens (including phenoxy) is 1. The van der Waals surface area contributed by atoms with Crippen molar-refractivity contribution in [2.45, 2.75) is 20.1 Å². The summed E-state index contributed by atoms with van der Waals surface area (Å²) in [6.07, 6.45) is 0. The van der Waals surface area contributed by atoms with Crippen LogP contribution in [0, 0.1) is 6.92 Å². The fraction of sp³-hybridized carbons (Fsp3) is 0.235. The van der Waals surface area contributed by atoms with Gasteiger partial charge in [-0.3, -0.25) is 0 Å². The minimum absolute atomic E-state index is 0.0702. The van der Waals surface area contributed by atoms with Gasteiger partial charge in [0, 0.05) is 0 Å². The van der Waals surface area contributed by atoms with Gasteiger partial charge in [-0.2, -0.15) is 0 Å². The Hall–Kier alpha value is -2.33. The van der Waals surface area contributed by atoms with Crippen molar-refractivity contribution in [3.8, 4) is 5.75 Å². The highest BCUT2D eigenvalue weighted by atomic mass is 16.5. The quantitative estimate of drug-likeness (QED) is 0.782. The first kappa shape index (κ1) is 13.6. The molecule has 0 saturated carbocycles. The summed E-state index contributed by atoms with van der Waals surface area (Å²) in [4.78, 5) is 4.43. The number of benzene rings is 2. The molecule has 3 rings (SSSR count). The van der Waals surface area contributed by atoms with Crippen LogP contribution in [0.15, 0.2) is 48.5 Å². The normalized spacial score (nSPS) is 11.0. The third-order valence-electron chi connectivity index (χ3n) is 3.48. The van der Waals surface area contributed by atoms with Gasteiger partial charge in [-0.25, -0.2) is 4.98 Å². The van der Waals surface area contributed by atoms with Gasteiger partial charge in [0.2, 0.25) is 0 Å². The smallest absolute Gasteiger partial charge is 0.135 e. The first-order valence-electron chi connectivity index (χ1n) is 7.02. The van der Waals surface area contributed by atoms with E-state index in [2.05, 4.69) is 11.9 Å². The second-order valence-corrected chi connectivity index (χ2v) is 4.99. The lowest BCUT2D eigenvalue weighted by atomic mass is 10.2. The summed E-state index contributed by atoms with van der Waals surface area (Å²) in [5.41, 5.74) is 3.14. The fourth-order valence-corrected chi connectivity index (χ4v) is 2.38. The zero-order valence-electron chi connectivity index (χ0n) is 12.0. The molecule has 0 bridgehead atoms. The third-order valence-corrected chi connectivity index (χ3v) is 3.48. The van der Waals surface area contributed by atoms with E-state index in [0.29, 0.717) is 19.0 Å². The topological polar surface area (TPSA) is 47.3 Å². The molecular weight excluding hydrogens is 264 g/mol. The minimum Gasteiger partial charge on any atom is -0.492 e. The molecular formula is C17H18N2O2. The molecule has 0 aliphatic heterocycles. The number of para-hydroxylation sites is 2. The number of hydrogen-bond acceptors (Lipinski definition) is 3. The van der Waals surface area contributed by atoms with Crippen LogP contribution in [0.4, 0.5) is 0 Å². The Morgan fingerprint density at radius 3 is 2.62 bits per heavy atom. The molecule has 0 atom stereocenters. The van der Waals surface area contributed by atoms with Gasteiger partial charge in [-0.1, -0.05) is 29.8 Å². The Morgan fingerprint density at radius 1 is 1.10 bits per heavy atom. The maximum absolute atomic E-state index is 9.44. The lowest BCUT2D eigenvalue weighted by molar-refractivity contribution is 0.255. The number of rotatable bonds is 5. The van der Waals surface area contributed by atoms with Gasteiger partial charge in [-0.05, 0) is 31.2 Å². The van der Waals surface area contributed by atoms with Crippen molar-refractivity contribution >= 4 is 11.0 Å². The molecule has 0 radical (unpaired) electrons. The Morgan fingerprint density at radius 2 is 1.86 bits per heavy atom. The second kappa shape index (κ2) is 5.97. The second-order valence-electron chi connectivity index (χ2n) is 4.99. The van der Waals surface area contributed by atoms with E-state index in [-0.39, 0.29) is 6.61 Å². The molecule has 108 valence electrons. The average molecular weight is 282 g/mol. The molecule has 1 N–H and O–H groups in total. The number of aliphatic hydroxyl groups excluding tert-OH is 1. The molecule has 0 spiro atoms. The summed E-state index contributed by atoms with van der Waals surface area (Å²) < 4.78 is 7.76. The largest absolute Gasteiger partial charge is 0.492 e. The average Bonchev–Trinajstić information content (AvgIpc) is 2.87.